The molecule has 1 heterocycles. The average Bonchev–Trinajstić information content (AvgIpc) is 2.74. The largest absolute Gasteiger partial charge is 0.477 e. The van der Waals surface area contributed by atoms with Crippen molar-refractivity contribution in [2.45, 2.75) is 19.8 Å². The van der Waals surface area contributed by atoms with Gasteiger partial charge in [0.1, 0.15) is 11.3 Å². The molecular formula is C13H12ClNO3. The van der Waals surface area contributed by atoms with Gasteiger partial charge in [0.05, 0.1) is 5.02 Å². The van der Waals surface area contributed by atoms with Crippen molar-refractivity contribution in [2.24, 2.45) is 0 Å². The summed E-state index contributed by atoms with van der Waals surface area (Å²) < 4.78 is 5.14. The number of aromatic carboxylic acids is 1. The maximum atomic E-state index is 11.3. The third kappa shape index (κ3) is 2.11. The van der Waals surface area contributed by atoms with E-state index in [0.717, 1.165) is 0 Å². The van der Waals surface area contributed by atoms with Crippen molar-refractivity contribution in [1.29, 1.82) is 0 Å². The van der Waals surface area contributed by atoms with Crippen LogP contribution in [0, 0.1) is 0 Å². The van der Waals surface area contributed by atoms with Gasteiger partial charge in [0.25, 0.3) is 0 Å². The van der Waals surface area contributed by atoms with Crippen molar-refractivity contribution in [1.82, 2.24) is 5.16 Å². The van der Waals surface area contributed by atoms with Crippen LogP contribution >= 0.6 is 11.6 Å². The minimum absolute atomic E-state index is 0.0557. The van der Waals surface area contributed by atoms with Crippen molar-refractivity contribution in [3.05, 3.63) is 40.6 Å². The molecule has 1 aromatic carbocycles. The molecular weight excluding hydrogens is 254 g/mol. The van der Waals surface area contributed by atoms with Crippen LogP contribution in [0.25, 0.3) is 11.3 Å². The van der Waals surface area contributed by atoms with Gasteiger partial charge in [-0.25, -0.2) is 4.79 Å². The Bertz CT molecular complexity index is 590. The minimum atomic E-state index is -1.06. The number of hydrogen-bond acceptors (Lipinski definition) is 3. The number of halogens is 1. The van der Waals surface area contributed by atoms with Crippen LogP contribution in [0.2, 0.25) is 5.02 Å². The normalized spacial score (nSPS) is 10.9. The lowest BCUT2D eigenvalue weighted by molar-refractivity contribution is 0.0694. The van der Waals surface area contributed by atoms with Crippen LogP contribution < -0.4 is 0 Å². The molecule has 4 nitrogen and oxygen atoms in total. The van der Waals surface area contributed by atoms with Gasteiger partial charge < -0.3 is 9.63 Å². The molecule has 0 atom stereocenters. The SMILES string of the molecule is CC(C)c1onc(-c2ccccc2Cl)c1C(=O)O. The molecule has 5 heteroatoms. The zero-order valence-electron chi connectivity index (χ0n) is 9.98. The van der Waals surface area contributed by atoms with Gasteiger partial charge in [-0.2, -0.15) is 0 Å². The molecule has 0 unspecified atom stereocenters. The van der Waals surface area contributed by atoms with E-state index in [1.807, 2.05) is 13.8 Å². The molecule has 0 amide bonds. The fraction of sp³-hybridized carbons (Fsp3) is 0.231. The van der Waals surface area contributed by atoms with Crippen LogP contribution in [0.4, 0.5) is 0 Å². The molecule has 0 radical (unpaired) electrons. The van der Waals surface area contributed by atoms with E-state index in [-0.39, 0.29) is 17.2 Å². The zero-order chi connectivity index (χ0) is 13.3. The van der Waals surface area contributed by atoms with E-state index >= 15 is 0 Å². The molecule has 94 valence electrons. The van der Waals surface area contributed by atoms with Crippen LogP contribution in [-0.4, -0.2) is 16.2 Å². The number of nitrogens with zero attached hydrogens (tertiary/aromatic N) is 1. The summed E-state index contributed by atoms with van der Waals surface area (Å²) in [5.74, 6) is -0.757. The van der Waals surface area contributed by atoms with E-state index in [9.17, 15) is 9.90 Å². The first-order valence-corrected chi connectivity index (χ1v) is 5.88. The number of carboxylic acids is 1. The first-order valence-electron chi connectivity index (χ1n) is 5.50. The summed E-state index contributed by atoms with van der Waals surface area (Å²) in [7, 11) is 0. The van der Waals surface area contributed by atoms with Gasteiger partial charge in [-0.05, 0) is 6.07 Å². The predicted octanol–water partition coefficient (Wildman–Crippen LogP) is 3.82. The van der Waals surface area contributed by atoms with E-state index in [1.165, 1.54) is 0 Å². The number of hydrogen-bond donors (Lipinski definition) is 1. The lowest BCUT2D eigenvalue weighted by Gasteiger charge is -2.03. The van der Waals surface area contributed by atoms with Gasteiger partial charge >= 0.3 is 5.97 Å². The van der Waals surface area contributed by atoms with Gasteiger partial charge in [0, 0.05) is 11.5 Å². The van der Waals surface area contributed by atoms with Crippen LogP contribution in [0.5, 0.6) is 0 Å². The van der Waals surface area contributed by atoms with Gasteiger partial charge in [0.15, 0.2) is 5.76 Å². The Morgan fingerprint density at radius 3 is 2.61 bits per heavy atom. The summed E-state index contributed by atoms with van der Waals surface area (Å²) >= 11 is 6.05. The molecule has 0 aliphatic heterocycles. The Kier molecular flexibility index (Phi) is 3.39. The molecule has 0 spiro atoms. The maximum Gasteiger partial charge on any atom is 0.341 e. The number of aromatic nitrogens is 1. The summed E-state index contributed by atoms with van der Waals surface area (Å²) in [5.41, 5.74) is 0.919. The smallest absolute Gasteiger partial charge is 0.341 e. The fourth-order valence-corrected chi connectivity index (χ4v) is 1.97. The molecule has 1 N–H and O–H groups in total. The number of rotatable bonds is 3. The van der Waals surface area contributed by atoms with Crippen molar-refractivity contribution >= 4 is 17.6 Å². The van der Waals surface area contributed by atoms with E-state index in [0.29, 0.717) is 16.3 Å². The zero-order valence-corrected chi connectivity index (χ0v) is 10.7. The third-order valence-corrected chi connectivity index (χ3v) is 2.92. The third-order valence-electron chi connectivity index (χ3n) is 2.59. The van der Waals surface area contributed by atoms with Crippen molar-refractivity contribution in [3.8, 4) is 11.3 Å². The van der Waals surface area contributed by atoms with Crippen molar-refractivity contribution in [3.63, 3.8) is 0 Å². The molecule has 0 saturated carbocycles. The second-order valence-corrected chi connectivity index (χ2v) is 4.62. The molecule has 2 aromatic rings. The summed E-state index contributed by atoms with van der Waals surface area (Å²) in [6, 6.07) is 6.95. The maximum absolute atomic E-state index is 11.3. The number of benzene rings is 1. The lowest BCUT2D eigenvalue weighted by Crippen LogP contribution is -2.02. The quantitative estimate of drug-likeness (QED) is 0.916. The van der Waals surface area contributed by atoms with Crippen LogP contribution in [-0.2, 0) is 0 Å². The Morgan fingerprint density at radius 2 is 2.06 bits per heavy atom. The van der Waals surface area contributed by atoms with Crippen LogP contribution in [0.15, 0.2) is 28.8 Å². The number of carboxylic acid groups (broad SMARTS) is 1. The monoisotopic (exact) mass is 265 g/mol. The highest BCUT2D eigenvalue weighted by atomic mass is 35.5. The molecule has 0 fully saturated rings. The molecule has 18 heavy (non-hydrogen) atoms. The molecule has 1 aromatic heterocycles. The highest BCUT2D eigenvalue weighted by Crippen LogP contribution is 2.33. The van der Waals surface area contributed by atoms with E-state index in [1.54, 1.807) is 24.3 Å². The van der Waals surface area contributed by atoms with E-state index in [4.69, 9.17) is 16.1 Å². The average molecular weight is 266 g/mol. The van der Waals surface area contributed by atoms with Crippen LogP contribution in [0.1, 0.15) is 35.9 Å². The second kappa shape index (κ2) is 4.82. The Hall–Kier alpha value is -1.81. The summed E-state index contributed by atoms with van der Waals surface area (Å²) in [6.07, 6.45) is 0. The van der Waals surface area contributed by atoms with Gasteiger partial charge in [-0.3, -0.25) is 0 Å². The Morgan fingerprint density at radius 1 is 1.39 bits per heavy atom. The van der Waals surface area contributed by atoms with E-state index in [2.05, 4.69) is 5.16 Å². The Balaban J connectivity index is 2.66. The molecule has 0 aliphatic carbocycles. The molecule has 0 aliphatic rings. The van der Waals surface area contributed by atoms with Crippen LogP contribution in [0.3, 0.4) is 0 Å². The summed E-state index contributed by atoms with van der Waals surface area (Å²) in [4.78, 5) is 11.3. The van der Waals surface area contributed by atoms with Crippen molar-refractivity contribution in [2.75, 3.05) is 0 Å². The number of carbonyl (C=O) groups is 1. The first kappa shape index (κ1) is 12.6. The van der Waals surface area contributed by atoms with Gasteiger partial charge in [-0.1, -0.05) is 48.8 Å². The van der Waals surface area contributed by atoms with Gasteiger partial charge in [0.2, 0.25) is 0 Å². The predicted molar refractivity (Wildman–Crippen MR) is 68.0 cm³/mol. The molecule has 0 saturated heterocycles. The van der Waals surface area contributed by atoms with Crippen molar-refractivity contribution < 1.29 is 14.4 Å². The minimum Gasteiger partial charge on any atom is -0.477 e. The summed E-state index contributed by atoms with van der Waals surface area (Å²) in [5, 5.41) is 13.6. The molecule has 0 bridgehead atoms. The van der Waals surface area contributed by atoms with Gasteiger partial charge in [-0.15, -0.1) is 0 Å². The van der Waals surface area contributed by atoms with E-state index < -0.39 is 5.97 Å². The Labute approximate surface area is 109 Å². The topological polar surface area (TPSA) is 63.3 Å². The summed E-state index contributed by atoms with van der Waals surface area (Å²) in [6.45, 7) is 3.70. The first-order chi connectivity index (χ1) is 8.52. The standard InChI is InChI=1S/C13H12ClNO3/c1-7(2)12-10(13(16)17)11(15-18-12)8-5-3-4-6-9(8)14/h3-7H,1-2H3,(H,16,17). The second-order valence-electron chi connectivity index (χ2n) is 4.21. The highest BCUT2D eigenvalue weighted by molar-refractivity contribution is 6.33. The fourth-order valence-electron chi connectivity index (χ4n) is 1.74. The highest BCUT2D eigenvalue weighted by Gasteiger charge is 2.26. The molecule has 2 rings (SSSR count). The lowest BCUT2D eigenvalue weighted by atomic mass is 10.0.